The van der Waals surface area contributed by atoms with Gasteiger partial charge in [0.25, 0.3) is 0 Å². The number of ether oxygens (including phenoxy) is 1. The lowest BCUT2D eigenvalue weighted by molar-refractivity contribution is -0.889. The van der Waals surface area contributed by atoms with Gasteiger partial charge in [0.15, 0.2) is 0 Å². The molecule has 8 heteroatoms. The molecular weight excluding hydrogens is 396 g/mol. The molecule has 0 spiro atoms. The minimum Gasteiger partial charge on any atom is -0.444 e. The highest BCUT2D eigenvalue weighted by Gasteiger charge is 2.24. The normalized spacial score (nSPS) is 13.6. The number of quaternary nitrogens is 1. The fraction of sp³-hybridized carbons (Fsp3) is 0.609. The van der Waals surface area contributed by atoms with Crippen molar-refractivity contribution in [2.24, 2.45) is 0 Å². The first-order chi connectivity index (χ1) is 14.3. The molecule has 2 atom stereocenters. The predicted octanol–water partition coefficient (Wildman–Crippen LogP) is 1.84. The van der Waals surface area contributed by atoms with Crippen molar-refractivity contribution in [1.82, 2.24) is 16.0 Å². The van der Waals surface area contributed by atoms with Crippen LogP contribution in [-0.2, 0) is 20.7 Å². The quantitative estimate of drug-likeness (QED) is 0.489. The fourth-order valence-electron chi connectivity index (χ4n) is 2.93. The number of carbonyl (C=O) groups is 3. The van der Waals surface area contributed by atoms with Crippen LogP contribution in [0, 0.1) is 0 Å². The lowest BCUT2D eigenvalue weighted by Crippen LogP contribution is -2.54. The van der Waals surface area contributed by atoms with Gasteiger partial charge in [-0.25, -0.2) is 4.79 Å². The van der Waals surface area contributed by atoms with Gasteiger partial charge in [-0.15, -0.1) is 0 Å². The molecule has 0 aliphatic rings. The Morgan fingerprint density at radius 1 is 1.06 bits per heavy atom. The van der Waals surface area contributed by atoms with E-state index >= 15 is 0 Å². The minimum atomic E-state index is -0.821. The van der Waals surface area contributed by atoms with Crippen LogP contribution in [0.15, 0.2) is 30.3 Å². The van der Waals surface area contributed by atoms with E-state index < -0.39 is 23.6 Å². The molecule has 3 N–H and O–H groups in total. The van der Waals surface area contributed by atoms with Gasteiger partial charge in [-0.3, -0.25) is 9.59 Å². The van der Waals surface area contributed by atoms with Gasteiger partial charge in [-0.2, -0.15) is 0 Å². The van der Waals surface area contributed by atoms with E-state index in [-0.39, 0.29) is 18.5 Å². The largest absolute Gasteiger partial charge is 0.444 e. The Bertz CT molecular complexity index is 729. The minimum absolute atomic E-state index is 0.0703. The maximum atomic E-state index is 12.5. The van der Waals surface area contributed by atoms with E-state index in [2.05, 4.69) is 37.0 Å². The number of benzene rings is 1. The van der Waals surface area contributed by atoms with E-state index in [1.54, 1.807) is 20.8 Å². The molecule has 1 rings (SSSR count). The highest BCUT2D eigenvalue weighted by Crippen LogP contribution is 2.08. The zero-order chi connectivity index (χ0) is 23.7. The molecule has 0 saturated carbocycles. The van der Waals surface area contributed by atoms with E-state index in [1.807, 2.05) is 30.3 Å². The Morgan fingerprint density at radius 2 is 1.68 bits per heavy atom. The Kier molecular flexibility index (Phi) is 9.97. The van der Waals surface area contributed by atoms with Gasteiger partial charge in [0.2, 0.25) is 11.8 Å². The molecule has 0 heterocycles. The number of amides is 3. The van der Waals surface area contributed by atoms with E-state index in [9.17, 15) is 14.4 Å². The molecule has 0 saturated heterocycles. The van der Waals surface area contributed by atoms with Crippen molar-refractivity contribution in [2.45, 2.75) is 58.7 Å². The molecule has 0 aromatic heterocycles. The second kappa shape index (κ2) is 11.7. The number of nitrogens with one attached hydrogen (secondary N) is 3. The Balaban J connectivity index is 2.60. The number of rotatable bonds is 10. The standard InChI is InChI=1S/C23H38N4O4/c1-8-27(6,7)16-19(14-18-12-10-9-11-13-18)26-20(28)15-24-21(29)17(2)25-22(30)31-23(3,4)5/h9-13,17,19H,8,14-16H2,1-7H3,(H2-,24,25,26,28,29,30)/p+1/t17-,19?/m1/s1. The van der Waals surface area contributed by atoms with Crippen LogP contribution in [-0.4, -0.2) is 73.8 Å². The highest BCUT2D eigenvalue weighted by atomic mass is 16.6. The summed E-state index contributed by atoms with van der Waals surface area (Å²) in [5.74, 6) is -0.722. The molecular formula is C23H39N4O4+. The zero-order valence-electron chi connectivity index (χ0n) is 20.0. The maximum absolute atomic E-state index is 12.5. The van der Waals surface area contributed by atoms with Crippen molar-refractivity contribution in [3.05, 3.63) is 35.9 Å². The summed E-state index contributed by atoms with van der Waals surface area (Å²) in [5, 5.41) is 8.08. The van der Waals surface area contributed by atoms with Crippen LogP contribution in [0.1, 0.15) is 40.2 Å². The monoisotopic (exact) mass is 435 g/mol. The van der Waals surface area contributed by atoms with Crippen molar-refractivity contribution >= 4 is 17.9 Å². The molecule has 174 valence electrons. The van der Waals surface area contributed by atoms with Crippen molar-refractivity contribution in [2.75, 3.05) is 33.7 Å². The van der Waals surface area contributed by atoms with Crippen LogP contribution in [0.25, 0.3) is 0 Å². The van der Waals surface area contributed by atoms with Gasteiger partial charge in [0.05, 0.1) is 39.8 Å². The van der Waals surface area contributed by atoms with Crippen LogP contribution in [0.3, 0.4) is 0 Å². The van der Waals surface area contributed by atoms with Gasteiger partial charge < -0.3 is 25.2 Å². The van der Waals surface area contributed by atoms with Gasteiger partial charge in [-0.05, 0) is 46.6 Å². The summed E-state index contributed by atoms with van der Waals surface area (Å²) in [7, 11) is 4.24. The highest BCUT2D eigenvalue weighted by molar-refractivity contribution is 5.89. The number of likely N-dealkylation sites (N-methyl/N-ethyl adjacent to an activating group) is 1. The van der Waals surface area contributed by atoms with Crippen molar-refractivity contribution < 1.29 is 23.6 Å². The summed E-state index contributed by atoms with van der Waals surface area (Å²) in [4.78, 5) is 36.5. The summed E-state index contributed by atoms with van der Waals surface area (Å²) in [5.41, 5.74) is 0.488. The lowest BCUT2D eigenvalue weighted by atomic mass is 10.0. The van der Waals surface area contributed by atoms with Crippen LogP contribution < -0.4 is 16.0 Å². The van der Waals surface area contributed by atoms with Gasteiger partial charge >= 0.3 is 6.09 Å². The topological polar surface area (TPSA) is 96.5 Å². The number of hydrogen-bond acceptors (Lipinski definition) is 4. The Morgan fingerprint density at radius 3 is 2.23 bits per heavy atom. The molecule has 1 unspecified atom stereocenters. The molecule has 1 aromatic carbocycles. The van der Waals surface area contributed by atoms with Crippen LogP contribution in [0.4, 0.5) is 4.79 Å². The third-order valence-corrected chi connectivity index (χ3v) is 4.81. The predicted molar refractivity (Wildman–Crippen MR) is 121 cm³/mol. The SMILES string of the molecule is CC[N+](C)(C)CC(Cc1ccccc1)NC(=O)CNC(=O)[C@@H](C)NC(=O)OC(C)(C)C. The average Bonchev–Trinajstić information content (AvgIpc) is 2.64. The van der Waals surface area contributed by atoms with Crippen molar-refractivity contribution in [1.29, 1.82) is 0 Å². The molecule has 0 radical (unpaired) electrons. The molecule has 0 aliphatic carbocycles. The second-order valence-corrected chi connectivity index (χ2v) is 9.47. The summed E-state index contributed by atoms with van der Waals surface area (Å²) < 4.78 is 5.90. The second-order valence-electron chi connectivity index (χ2n) is 9.47. The van der Waals surface area contributed by atoms with Crippen LogP contribution in [0.5, 0.6) is 0 Å². The molecule has 31 heavy (non-hydrogen) atoms. The van der Waals surface area contributed by atoms with E-state index in [1.165, 1.54) is 6.92 Å². The van der Waals surface area contributed by atoms with Gasteiger partial charge in [-0.1, -0.05) is 30.3 Å². The summed E-state index contributed by atoms with van der Waals surface area (Å²) in [6.45, 7) is 10.4. The number of nitrogens with zero attached hydrogens (tertiary/aromatic N) is 1. The first kappa shape index (κ1) is 26.4. The molecule has 3 amide bonds. The van der Waals surface area contributed by atoms with Gasteiger partial charge in [0.1, 0.15) is 11.6 Å². The smallest absolute Gasteiger partial charge is 0.408 e. The zero-order valence-corrected chi connectivity index (χ0v) is 20.0. The van der Waals surface area contributed by atoms with Crippen LogP contribution in [0.2, 0.25) is 0 Å². The average molecular weight is 436 g/mol. The molecule has 0 fully saturated rings. The Hall–Kier alpha value is -2.61. The molecule has 8 nitrogen and oxygen atoms in total. The van der Waals surface area contributed by atoms with E-state index in [0.717, 1.165) is 23.1 Å². The molecule has 0 bridgehead atoms. The number of hydrogen-bond donors (Lipinski definition) is 3. The van der Waals surface area contributed by atoms with E-state index in [0.29, 0.717) is 6.42 Å². The van der Waals surface area contributed by atoms with Crippen molar-refractivity contribution in [3.8, 4) is 0 Å². The maximum Gasteiger partial charge on any atom is 0.408 e. The lowest BCUT2D eigenvalue weighted by Gasteiger charge is -2.33. The van der Waals surface area contributed by atoms with Gasteiger partial charge in [0, 0.05) is 0 Å². The van der Waals surface area contributed by atoms with Crippen LogP contribution >= 0.6 is 0 Å². The fourth-order valence-corrected chi connectivity index (χ4v) is 2.93. The van der Waals surface area contributed by atoms with E-state index in [4.69, 9.17) is 4.74 Å². The molecule has 1 aromatic rings. The summed E-state index contributed by atoms with van der Waals surface area (Å²) >= 11 is 0. The third kappa shape index (κ3) is 11.4. The first-order valence-corrected chi connectivity index (χ1v) is 10.7. The first-order valence-electron chi connectivity index (χ1n) is 10.7. The number of alkyl carbamates (subject to hydrolysis) is 1. The Labute approximate surface area is 186 Å². The van der Waals surface area contributed by atoms with Crippen molar-refractivity contribution in [3.63, 3.8) is 0 Å². The third-order valence-electron chi connectivity index (χ3n) is 4.81. The number of carbonyl (C=O) groups excluding carboxylic acids is 3. The summed E-state index contributed by atoms with van der Waals surface area (Å²) in [6, 6.07) is 9.11. The molecule has 0 aliphatic heterocycles. The summed E-state index contributed by atoms with van der Waals surface area (Å²) in [6.07, 6.45) is 0.0285.